The molecule has 0 radical (unpaired) electrons. The first-order valence-corrected chi connectivity index (χ1v) is 9.35. The van der Waals surface area contributed by atoms with Crippen molar-refractivity contribution >= 4 is 21.6 Å². The van der Waals surface area contributed by atoms with Gasteiger partial charge in [0, 0.05) is 19.8 Å². The predicted molar refractivity (Wildman–Crippen MR) is 97.3 cm³/mol. The topological polar surface area (TPSA) is 75.7 Å². The lowest BCUT2D eigenvalue weighted by Crippen LogP contribution is -2.23. The molecule has 2 aromatic carbocycles. The van der Waals surface area contributed by atoms with Crippen molar-refractivity contribution in [2.75, 3.05) is 25.4 Å². The van der Waals surface area contributed by atoms with Crippen LogP contribution >= 0.6 is 0 Å². The van der Waals surface area contributed by atoms with Crippen LogP contribution in [0.2, 0.25) is 0 Å². The van der Waals surface area contributed by atoms with Crippen LogP contribution in [0.1, 0.15) is 12.5 Å². The summed E-state index contributed by atoms with van der Waals surface area (Å²) in [6.07, 6.45) is 0.271. The van der Waals surface area contributed by atoms with E-state index in [1.54, 1.807) is 63.5 Å². The molecule has 134 valence electrons. The van der Waals surface area contributed by atoms with Gasteiger partial charge in [-0.05, 0) is 36.8 Å². The lowest BCUT2D eigenvalue weighted by atomic mass is 10.1. The predicted octanol–water partition coefficient (Wildman–Crippen LogP) is 2.52. The zero-order valence-corrected chi connectivity index (χ0v) is 15.3. The van der Waals surface area contributed by atoms with Gasteiger partial charge in [-0.15, -0.1) is 0 Å². The summed E-state index contributed by atoms with van der Waals surface area (Å²) in [5.41, 5.74) is 1.24. The second kappa shape index (κ2) is 8.02. The molecule has 0 atom stereocenters. The maximum Gasteiger partial charge on any atom is 0.265 e. The Morgan fingerprint density at radius 1 is 1.08 bits per heavy atom. The molecule has 0 heterocycles. The minimum atomic E-state index is -3.77. The summed E-state index contributed by atoms with van der Waals surface area (Å²) in [5.74, 6) is 0.296. The Kier molecular flexibility index (Phi) is 6.03. The average molecular weight is 362 g/mol. The first kappa shape index (κ1) is 18.8. The molecular weight excluding hydrogens is 340 g/mol. The number of nitrogens with one attached hydrogen (secondary N) is 1. The summed E-state index contributed by atoms with van der Waals surface area (Å²) in [4.78, 5) is 13.3. The maximum atomic E-state index is 12.6. The fourth-order valence-electron chi connectivity index (χ4n) is 2.18. The molecule has 25 heavy (non-hydrogen) atoms. The summed E-state index contributed by atoms with van der Waals surface area (Å²) >= 11 is 0. The molecule has 0 fully saturated rings. The van der Waals surface area contributed by atoms with Gasteiger partial charge >= 0.3 is 0 Å². The number of carbonyl (C=O) groups is 1. The highest BCUT2D eigenvalue weighted by molar-refractivity contribution is 7.92. The molecule has 2 aromatic rings. The van der Waals surface area contributed by atoms with E-state index >= 15 is 0 Å². The van der Waals surface area contributed by atoms with E-state index in [2.05, 4.69) is 4.72 Å². The third-order valence-electron chi connectivity index (χ3n) is 3.50. The number of ether oxygens (including phenoxy) is 1. The number of hydrogen-bond donors (Lipinski definition) is 1. The van der Waals surface area contributed by atoms with Gasteiger partial charge in [-0.1, -0.05) is 24.3 Å². The number of rotatable bonds is 7. The van der Waals surface area contributed by atoms with Crippen molar-refractivity contribution in [1.29, 1.82) is 0 Å². The smallest absolute Gasteiger partial charge is 0.265 e. The van der Waals surface area contributed by atoms with Crippen molar-refractivity contribution in [2.45, 2.75) is 18.2 Å². The Balaban J connectivity index is 2.17. The SMILES string of the molecule is CCOc1ccccc1S(=O)(=O)Nc1ccc(CC(=O)N(C)C)cc1. The molecule has 1 N–H and O–H groups in total. The van der Waals surface area contributed by atoms with E-state index in [1.807, 2.05) is 0 Å². The molecule has 0 spiro atoms. The van der Waals surface area contributed by atoms with Gasteiger partial charge < -0.3 is 9.64 Å². The fourth-order valence-corrected chi connectivity index (χ4v) is 3.39. The van der Waals surface area contributed by atoms with Crippen LogP contribution in [0.15, 0.2) is 53.4 Å². The van der Waals surface area contributed by atoms with Crippen LogP contribution in [0.4, 0.5) is 5.69 Å². The molecule has 0 aromatic heterocycles. The van der Waals surface area contributed by atoms with Crippen LogP contribution in [-0.2, 0) is 21.2 Å². The molecule has 0 saturated carbocycles. The second-order valence-corrected chi connectivity index (χ2v) is 7.30. The quantitative estimate of drug-likeness (QED) is 0.821. The number of benzene rings is 2. The van der Waals surface area contributed by atoms with Crippen LogP contribution in [0.3, 0.4) is 0 Å². The van der Waals surface area contributed by atoms with Crippen LogP contribution in [-0.4, -0.2) is 39.9 Å². The molecule has 0 aliphatic rings. The van der Waals surface area contributed by atoms with Crippen molar-refractivity contribution in [3.05, 3.63) is 54.1 Å². The van der Waals surface area contributed by atoms with Crippen molar-refractivity contribution < 1.29 is 17.9 Å². The van der Waals surface area contributed by atoms with Gasteiger partial charge in [0.15, 0.2) is 0 Å². The minimum absolute atomic E-state index is 0.0148. The summed E-state index contributed by atoms with van der Waals surface area (Å²) in [5, 5.41) is 0. The van der Waals surface area contributed by atoms with E-state index in [1.165, 1.54) is 11.0 Å². The highest BCUT2D eigenvalue weighted by Gasteiger charge is 2.19. The Morgan fingerprint density at radius 3 is 2.32 bits per heavy atom. The molecule has 6 nitrogen and oxygen atoms in total. The second-order valence-electron chi connectivity index (χ2n) is 5.65. The molecule has 0 unspecified atom stereocenters. The fraction of sp³-hybridized carbons (Fsp3) is 0.278. The van der Waals surface area contributed by atoms with E-state index in [4.69, 9.17) is 4.74 Å². The maximum absolute atomic E-state index is 12.6. The van der Waals surface area contributed by atoms with Gasteiger partial charge in [0.1, 0.15) is 10.6 Å². The summed E-state index contributed by atoms with van der Waals surface area (Å²) in [7, 11) is -0.376. The summed E-state index contributed by atoms with van der Waals surface area (Å²) in [6, 6.07) is 13.2. The molecule has 0 bridgehead atoms. The van der Waals surface area contributed by atoms with Gasteiger partial charge in [0.25, 0.3) is 10.0 Å². The summed E-state index contributed by atoms with van der Waals surface area (Å²) < 4.78 is 33.1. The number of anilines is 1. The van der Waals surface area contributed by atoms with Crippen molar-refractivity contribution in [1.82, 2.24) is 4.90 Å². The summed E-state index contributed by atoms with van der Waals surface area (Å²) in [6.45, 7) is 2.17. The van der Waals surface area contributed by atoms with Gasteiger partial charge in [-0.3, -0.25) is 9.52 Å². The van der Waals surface area contributed by atoms with Crippen LogP contribution in [0.5, 0.6) is 5.75 Å². The third kappa shape index (κ3) is 4.96. The Bertz CT molecular complexity index is 830. The van der Waals surface area contributed by atoms with Crippen LogP contribution in [0, 0.1) is 0 Å². The number of likely N-dealkylation sites (N-methyl/N-ethyl adjacent to an activating group) is 1. The zero-order chi connectivity index (χ0) is 18.4. The Morgan fingerprint density at radius 2 is 1.72 bits per heavy atom. The van der Waals surface area contributed by atoms with Crippen LogP contribution in [0.25, 0.3) is 0 Å². The number of sulfonamides is 1. The van der Waals surface area contributed by atoms with Gasteiger partial charge in [-0.25, -0.2) is 8.42 Å². The Labute approximate surface area is 148 Å². The van der Waals surface area contributed by atoms with Crippen molar-refractivity contribution in [3.63, 3.8) is 0 Å². The van der Waals surface area contributed by atoms with Gasteiger partial charge in [0.05, 0.1) is 13.0 Å². The average Bonchev–Trinajstić information content (AvgIpc) is 2.57. The molecule has 0 saturated heterocycles. The van der Waals surface area contributed by atoms with E-state index in [0.717, 1.165) is 5.56 Å². The Hall–Kier alpha value is -2.54. The van der Waals surface area contributed by atoms with E-state index in [-0.39, 0.29) is 17.2 Å². The highest BCUT2D eigenvalue weighted by Crippen LogP contribution is 2.25. The van der Waals surface area contributed by atoms with Crippen molar-refractivity contribution in [2.24, 2.45) is 0 Å². The lowest BCUT2D eigenvalue weighted by Gasteiger charge is -2.13. The monoisotopic (exact) mass is 362 g/mol. The van der Waals surface area contributed by atoms with E-state index in [0.29, 0.717) is 18.0 Å². The molecule has 2 rings (SSSR count). The number of carbonyl (C=O) groups excluding carboxylic acids is 1. The van der Waals surface area contributed by atoms with Gasteiger partial charge in [-0.2, -0.15) is 0 Å². The van der Waals surface area contributed by atoms with E-state index in [9.17, 15) is 13.2 Å². The van der Waals surface area contributed by atoms with Crippen LogP contribution < -0.4 is 9.46 Å². The normalized spacial score (nSPS) is 11.0. The largest absolute Gasteiger partial charge is 0.492 e. The molecule has 0 aliphatic carbocycles. The molecule has 1 amide bonds. The molecular formula is C18H22N2O4S. The standard InChI is InChI=1S/C18H22N2O4S/c1-4-24-16-7-5-6-8-17(16)25(22,23)19-15-11-9-14(10-12-15)13-18(21)20(2)3/h5-12,19H,4,13H2,1-3H3. The van der Waals surface area contributed by atoms with Gasteiger partial charge in [0.2, 0.25) is 5.91 Å². The molecule has 0 aliphatic heterocycles. The molecule has 7 heteroatoms. The van der Waals surface area contributed by atoms with E-state index < -0.39 is 10.0 Å². The van der Waals surface area contributed by atoms with Crippen molar-refractivity contribution in [3.8, 4) is 5.75 Å². The number of nitrogens with zero attached hydrogens (tertiary/aromatic N) is 1. The number of para-hydroxylation sites is 1. The third-order valence-corrected chi connectivity index (χ3v) is 4.92. The lowest BCUT2D eigenvalue weighted by molar-refractivity contribution is -0.127. The minimum Gasteiger partial charge on any atom is -0.492 e. The number of amides is 1. The number of hydrogen-bond acceptors (Lipinski definition) is 4. The highest BCUT2D eigenvalue weighted by atomic mass is 32.2. The first-order chi connectivity index (χ1) is 11.8. The zero-order valence-electron chi connectivity index (χ0n) is 14.5. The first-order valence-electron chi connectivity index (χ1n) is 7.87.